The summed E-state index contributed by atoms with van der Waals surface area (Å²) in [5.41, 5.74) is 4.75. The molecule has 0 rings (SSSR count). The first kappa shape index (κ1) is 10.8. The fourth-order valence-corrected chi connectivity index (χ4v) is 0.758. The van der Waals surface area contributed by atoms with Gasteiger partial charge < -0.3 is 20.7 Å². The molecule has 0 radical (unpaired) electrons. The van der Waals surface area contributed by atoms with E-state index in [2.05, 4.69) is 4.74 Å². The van der Waals surface area contributed by atoms with Crippen molar-refractivity contribution in [2.24, 2.45) is 5.73 Å². The van der Waals surface area contributed by atoms with Gasteiger partial charge in [-0.25, -0.2) is 0 Å². The maximum absolute atomic E-state index is 9.33. The van der Waals surface area contributed by atoms with Gasteiger partial charge in [0.2, 0.25) is 0 Å². The molecule has 0 aromatic carbocycles. The Balaban J connectivity index is 3.91. The first-order valence-corrected chi connectivity index (χ1v) is 3.53. The molecule has 11 heavy (non-hydrogen) atoms. The molecule has 2 atom stereocenters. The van der Waals surface area contributed by atoms with Gasteiger partial charge in [-0.15, -0.1) is 0 Å². The Morgan fingerprint density at radius 3 is 2.18 bits per heavy atom. The van der Waals surface area contributed by atoms with E-state index in [0.717, 1.165) is 0 Å². The third kappa shape index (κ3) is 3.67. The van der Waals surface area contributed by atoms with Crippen molar-refractivity contribution in [3.8, 4) is 0 Å². The van der Waals surface area contributed by atoms with E-state index in [1.165, 1.54) is 7.11 Å². The fourth-order valence-electron chi connectivity index (χ4n) is 0.758. The smallest absolute Gasteiger partial charge is 0.105 e. The van der Waals surface area contributed by atoms with Crippen molar-refractivity contribution in [2.75, 3.05) is 13.7 Å². The van der Waals surface area contributed by atoms with Gasteiger partial charge in [0.25, 0.3) is 0 Å². The average Bonchev–Trinajstić information content (AvgIpc) is 1.85. The van der Waals surface area contributed by atoms with Gasteiger partial charge in [-0.05, 0) is 13.8 Å². The van der Waals surface area contributed by atoms with Gasteiger partial charge in [0.05, 0.1) is 12.7 Å². The summed E-state index contributed by atoms with van der Waals surface area (Å²) in [6.07, 6.45) is -1.87. The predicted molar refractivity (Wildman–Crippen MR) is 42.2 cm³/mol. The summed E-state index contributed by atoms with van der Waals surface area (Å²) in [6, 6.07) is 0. The van der Waals surface area contributed by atoms with Gasteiger partial charge in [-0.1, -0.05) is 0 Å². The number of hydrogen-bond acceptors (Lipinski definition) is 4. The molecule has 0 amide bonds. The topological polar surface area (TPSA) is 75.7 Å². The minimum Gasteiger partial charge on any atom is -0.388 e. The van der Waals surface area contributed by atoms with Crippen LogP contribution < -0.4 is 5.73 Å². The largest absolute Gasteiger partial charge is 0.388 e. The second-order valence-corrected chi connectivity index (χ2v) is 3.29. The van der Waals surface area contributed by atoms with Crippen molar-refractivity contribution in [3.63, 3.8) is 0 Å². The zero-order valence-corrected chi connectivity index (χ0v) is 7.24. The molecule has 0 saturated heterocycles. The Morgan fingerprint density at radius 1 is 1.45 bits per heavy atom. The Kier molecular flexibility index (Phi) is 3.96. The number of rotatable bonds is 4. The summed E-state index contributed by atoms with van der Waals surface area (Å²) in [7, 11) is 1.46. The van der Waals surface area contributed by atoms with Crippen LogP contribution in [0.2, 0.25) is 0 Å². The first-order chi connectivity index (χ1) is 4.89. The van der Waals surface area contributed by atoms with E-state index in [4.69, 9.17) is 5.73 Å². The van der Waals surface area contributed by atoms with Crippen LogP contribution in [-0.2, 0) is 4.74 Å². The molecule has 0 aliphatic carbocycles. The van der Waals surface area contributed by atoms with E-state index >= 15 is 0 Å². The number of hydrogen-bond donors (Lipinski definition) is 3. The van der Waals surface area contributed by atoms with Crippen LogP contribution in [0.5, 0.6) is 0 Å². The van der Waals surface area contributed by atoms with Gasteiger partial charge in [0.15, 0.2) is 0 Å². The summed E-state index contributed by atoms with van der Waals surface area (Å²) < 4.78 is 4.65. The monoisotopic (exact) mass is 163 g/mol. The molecule has 0 saturated carbocycles. The minimum atomic E-state index is -0.956. The highest BCUT2D eigenvalue weighted by Crippen LogP contribution is 2.08. The van der Waals surface area contributed by atoms with Crippen molar-refractivity contribution >= 4 is 0 Å². The van der Waals surface area contributed by atoms with Crippen LogP contribution in [0.1, 0.15) is 13.8 Å². The SMILES string of the molecule is COCC(O)C(O)C(C)(C)N. The van der Waals surface area contributed by atoms with Crippen molar-refractivity contribution in [1.29, 1.82) is 0 Å². The van der Waals surface area contributed by atoms with Crippen molar-refractivity contribution in [1.82, 2.24) is 0 Å². The van der Waals surface area contributed by atoms with E-state index < -0.39 is 17.7 Å². The molecule has 0 heterocycles. The van der Waals surface area contributed by atoms with E-state index in [-0.39, 0.29) is 6.61 Å². The molecular formula is C7H17NO3. The summed E-state index contributed by atoms with van der Waals surface area (Å²) in [4.78, 5) is 0. The average molecular weight is 163 g/mol. The third-order valence-electron chi connectivity index (χ3n) is 1.46. The molecule has 2 unspecified atom stereocenters. The molecule has 0 spiro atoms. The Hall–Kier alpha value is -0.160. The van der Waals surface area contributed by atoms with Crippen molar-refractivity contribution in [2.45, 2.75) is 31.6 Å². The zero-order valence-electron chi connectivity index (χ0n) is 7.24. The molecular weight excluding hydrogens is 146 g/mol. The van der Waals surface area contributed by atoms with E-state index in [1.807, 2.05) is 0 Å². The summed E-state index contributed by atoms with van der Waals surface area (Å²) in [6.45, 7) is 3.40. The lowest BCUT2D eigenvalue weighted by atomic mass is 9.95. The normalized spacial score (nSPS) is 18.0. The maximum atomic E-state index is 9.33. The number of aliphatic hydroxyl groups is 2. The molecule has 0 bridgehead atoms. The van der Waals surface area contributed by atoms with Gasteiger partial charge in [-0.3, -0.25) is 0 Å². The van der Waals surface area contributed by atoms with Crippen LogP contribution in [0.25, 0.3) is 0 Å². The summed E-state index contributed by atoms with van der Waals surface area (Å²) in [5, 5.41) is 18.5. The summed E-state index contributed by atoms with van der Waals surface area (Å²) in [5.74, 6) is 0. The number of nitrogens with two attached hydrogens (primary N) is 1. The Labute approximate surface area is 67.0 Å². The highest BCUT2D eigenvalue weighted by Gasteiger charge is 2.29. The quantitative estimate of drug-likeness (QED) is 0.501. The zero-order chi connectivity index (χ0) is 9.07. The van der Waals surface area contributed by atoms with Gasteiger partial charge in [-0.2, -0.15) is 0 Å². The second-order valence-electron chi connectivity index (χ2n) is 3.29. The molecule has 0 fully saturated rings. The van der Waals surface area contributed by atoms with Crippen LogP contribution in [0.3, 0.4) is 0 Å². The standard InChI is InChI=1S/C7H17NO3/c1-7(2,8)6(10)5(9)4-11-3/h5-6,9-10H,4,8H2,1-3H3. The first-order valence-electron chi connectivity index (χ1n) is 3.53. The number of methoxy groups -OCH3 is 1. The number of aliphatic hydroxyl groups excluding tert-OH is 2. The number of ether oxygens (including phenoxy) is 1. The minimum absolute atomic E-state index is 0.0990. The van der Waals surface area contributed by atoms with Crippen molar-refractivity contribution in [3.05, 3.63) is 0 Å². The molecule has 0 aromatic heterocycles. The van der Waals surface area contributed by atoms with Crippen LogP contribution >= 0.6 is 0 Å². The molecule has 0 aliphatic rings. The second kappa shape index (κ2) is 4.01. The Morgan fingerprint density at radius 2 is 1.91 bits per heavy atom. The van der Waals surface area contributed by atoms with Gasteiger partial charge in [0.1, 0.15) is 6.10 Å². The fraction of sp³-hybridized carbons (Fsp3) is 1.00. The third-order valence-corrected chi connectivity index (χ3v) is 1.46. The Bertz CT molecular complexity index is 111. The highest BCUT2D eigenvalue weighted by atomic mass is 16.5. The van der Waals surface area contributed by atoms with Gasteiger partial charge >= 0.3 is 0 Å². The van der Waals surface area contributed by atoms with E-state index in [1.54, 1.807) is 13.8 Å². The van der Waals surface area contributed by atoms with Crippen LogP contribution in [0, 0.1) is 0 Å². The van der Waals surface area contributed by atoms with Crippen LogP contribution in [0.4, 0.5) is 0 Å². The van der Waals surface area contributed by atoms with E-state index in [0.29, 0.717) is 0 Å². The van der Waals surface area contributed by atoms with Crippen LogP contribution in [-0.4, -0.2) is 41.7 Å². The molecule has 4 nitrogen and oxygen atoms in total. The lowest BCUT2D eigenvalue weighted by Gasteiger charge is -2.29. The van der Waals surface area contributed by atoms with Gasteiger partial charge in [0, 0.05) is 12.6 Å². The van der Waals surface area contributed by atoms with Crippen LogP contribution in [0.15, 0.2) is 0 Å². The molecule has 4 heteroatoms. The predicted octanol–water partition coefficient (Wildman–Crippen LogP) is -0.908. The maximum Gasteiger partial charge on any atom is 0.105 e. The molecule has 4 N–H and O–H groups in total. The summed E-state index contributed by atoms with van der Waals surface area (Å²) >= 11 is 0. The highest BCUT2D eigenvalue weighted by molar-refractivity contribution is 4.86. The lowest BCUT2D eigenvalue weighted by Crippen LogP contribution is -2.52. The van der Waals surface area contributed by atoms with Crippen molar-refractivity contribution < 1.29 is 14.9 Å². The van der Waals surface area contributed by atoms with E-state index in [9.17, 15) is 10.2 Å². The lowest BCUT2D eigenvalue weighted by molar-refractivity contribution is -0.0530. The molecule has 0 aliphatic heterocycles. The molecule has 0 aromatic rings. The molecule has 68 valence electrons.